The Hall–Kier alpha value is -2.60. The van der Waals surface area contributed by atoms with Crippen LogP contribution in [-0.4, -0.2) is 36.0 Å². The second-order valence-corrected chi connectivity index (χ2v) is 6.49. The van der Waals surface area contributed by atoms with Gasteiger partial charge in [0.15, 0.2) is 0 Å². The van der Waals surface area contributed by atoms with Crippen molar-refractivity contribution < 1.29 is 14.1 Å². The van der Waals surface area contributed by atoms with Crippen molar-refractivity contribution in [3.05, 3.63) is 29.6 Å². The van der Waals surface area contributed by atoms with E-state index >= 15 is 0 Å². The first-order chi connectivity index (χ1) is 11.4. The van der Waals surface area contributed by atoms with Crippen LogP contribution in [-0.2, 0) is 4.79 Å². The lowest BCUT2D eigenvalue weighted by Crippen LogP contribution is -2.53. The summed E-state index contributed by atoms with van der Waals surface area (Å²) in [4.78, 5) is 17.9. The summed E-state index contributed by atoms with van der Waals surface area (Å²) in [6.45, 7) is 4.05. The second kappa shape index (κ2) is 7.79. The summed E-state index contributed by atoms with van der Waals surface area (Å²) in [6, 6.07) is 5.67. The van der Waals surface area contributed by atoms with Crippen molar-refractivity contribution >= 4 is 23.6 Å². The molecule has 2 aromatic rings. The van der Waals surface area contributed by atoms with Gasteiger partial charge in [-0.3, -0.25) is 14.6 Å². The molecule has 9 heteroatoms. The minimum absolute atomic E-state index is 0.117. The molecule has 24 heavy (non-hydrogen) atoms. The third kappa shape index (κ3) is 4.45. The number of nitrogens with zero attached hydrogens (tertiary/aromatic N) is 5. The summed E-state index contributed by atoms with van der Waals surface area (Å²) in [5.41, 5.74) is 1.35. The molecule has 1 N–H and O–H groups in total. The number of amides is 1. The number of anilines is 1. The topological polar surface area (TPSA) is 98.9 Å². The van der Waals surface area contributed by atoms with E-state index in [-0.39, 0.29) is 23.5 Å². The molecule has 0 unspecified atom stereocenters. The Morgan fingerprint density at radius 2 is 2.25 bits per heavy atom. The number of carbonyl (C=O) groups excluding carboxylic acids is 1. The Kier molecular flexibility index (Phi) is 5.76. The highest BCUT2D eigenvalue weighted by atomic mass is 32.2. The molecule has 0 aliphatic carbocycles. The number of hydrogen-bond acceptors (Lipinski definition) is 7. The molecule has 126 valence electrons. The zero-order valence-electron chi connectivity index (χ0n) is 14.0. The third-order valence-electron chi connectivity index (χ3n) is 3.06. The van der Waals surface area contributed by atoms with Crippen molar-refractivity contribution in [3.8, 4) is 6.07 Å². The van der Waals surface area contributed by atoms with E-state index in [1.807, 2.05) is 19.9 Å². The Labute approximate surface area is 144 Å². The fourth-order valence-electron chi connectivity index (χ4n) is 1.76. The minimum atomic E-state index is -0.261. The zero-order chi connectivity index (χ0) is 17.7. The van der Waals surface area contributed by atoms with Crippen LogP contribution in [0.15, 0.2) is 27.9 Å². The van der Waals surface area contributed by atoms with Crippen LogP contribution in [0.1, 0.15) is 31.0 Å². The molecule has 0 aromatic carbocycles. The van der Waals surface area contributed by atoms with Crippen molar-refractivity contribution in [1.82, 2.24) is 10.3 Å². The van der Waals surface area contributed by atoms with Gasteiger partial charge in [0.05, 0.1) is 30.2 Å². The van der Waals surface area contributed by atoms with Crippen molar-refractivity contribution in [1.29, 1.82) is 5.26 Å². The number of carbonyl (C=O) groups is 1. The molecule has 1 amide bonds. The van der Waals surface area contributed by atoms with E-state index in [1.165, 1.54) is 16.6 Å². The molecule has 2 heterocycles. The number of rotatable bonds is 6. The Balaban J connectivity index is 2.00. The van der Waals surface area contributed by atoms with Gasteiger partial charge in [0, 0.05) is 5.69 Å². The maximum atomic E-state index is 12.0. The van der Waals surface area contributed by atoms with Crippen LogP contribution in [0.25, 0.3) is 0 Å². The quantitative estimate of drug-likeness (QED) is 0.621. The molecule has 2 aromatic heterocycles. The lowest BCUT2D eigenvalue weighted by Gasteiger charge is -2.08. The van der Waals surface area contributed by atoms with Crippen LogP contribution in [0.3, 0.4) is 0 Å². The SMILES string of the molecule is CC(C)c1ccc(C#N)c(SCC(=O)Nc2c[n+](N(C)C)no2)n1. The average molecular weight is 347 g/mol. The van der Waals surface area contributed by atoms with E-state index in [9.17, 15) is 4.79 Å². The van der Waals surface area contributed by atoms with Gasteiger partial charge >= 0.3 is 5.88 Å². The number of nitriles is 1. The van der Waals surface area contributed by atoms with E-state index < -0.39 is 0 Å². The second-order valence-electron chi connectivity index (χ2n) is 5.53. The molecular formula is C15H19N6O2S+. The van der Waals surface area contributed by atoms with Gasteiger partial charge in [-0.05, 0) is 18.1 Å². The fourth-order valence-corrected chi connectivity index (χ4v) is 2.54. The van der Waals surface area contributed by atoms with Crippen molar-refractivity contribution in [2.45, 2.75) is 24.8 Å². The summed E-state index contributed by atoms with van der Waals surface area (Å²) in [6.07, 6.45) is 1.56. The van der Waals surface area contributed by atoms with Gasteiger partial charge in [0.2, 0.25) is 11.2 Å². The van der Waals surface area contributed by atoms with Gasteiger partial charge in [-0.2, -0.15) is 10.3 Å². The van der Waals surface area contributed by atoms with Gasteiger partial charge < -0.3 is 0 Å². The molecule has 0 saturated carbocycles. The lowest BCUT2D eigenvalue weighted by molar-refractivity contribution is -0.753. The first-order valence-electron chi connectivity index (χ1n) is 7.30. The zero-order valence-corrected chi connectivity index (χ0v) is 14.8. The third-order valence-corrected chi connectivity index (χ3v) is 4.05. The molecule has 2 rings (SSSR count). The number of pyridine rings is 1. The molecule has 0 radical (unpaired) electrons. The van der Waals surface area contributed by atoms with Gasteiger partial charge in [-0.25, -0.2) is 4.98 Å². The number of nitrogens with one attached hydrogen (secondary N) is 1. The number of aromatic nitrogens is 3. The van der Waals surface area contributed by atoms with E-state index in [4.69, 9.17) is 9.78 Å². The molecular weight excluding hydrogens is 328 g/mol. The largest absolute Gasteiger partial charge is 0.305 e. The normalized spacial score (nSPS) is 10.5. The van der Waals surface area contributed by atoms with Crippen LogP contribution >= 0.6 is 11.8 Å². The first-order valence-corrected chi connectivity index (χ1v) is 8.29. The molecule has 0 fully saturated rings. The summed E-state index contributed by atoms with van der Waals surface area (Å²) in [5, 5.41) is 17.8. The van der Waals surface area contributed by atoms with Gasteiger partial charge in [-0.1, -0.05) is 25.6 Å². The summed E-state index contributed by atoms with van der Waals surface area (Å²) in [5.74, 6) is 0.356. The van der Waals surface area contributed by atoms with Crippen molar-refractivity contribution in [3.63, 3.8) is 0 Å². The summed E-state index contributed by atoms with van der Waals surface area (Å²) >= 11 is 1.22. The monoisotopic (exact) mass is 347 g/mol. The van der Waals surface area contributed by atoms with Crippen LogP contribution in [0, 0.1) is 11.3 Å². The van der Waals surface area contributed by atoms with Crippen LogP contribution in [0.2, 0.25) is 0 Å². The Morgan fingerprint density at radius 3 is 2.83 bits per heavy atom. The van der Waals surface area contributed by atoms with Gasteiger partial charge in [0.25, 0.3) is 6.20 Å². The maximum absolute atomic E-state index is 12.0. The fraction of sp³-hybridized carbons (Fsp3) is 0.400. The molecule has 0 aliphatic rings. The highest BCUT2D eigenvalue weighted by Crippen LogP contribution is 2.23. The average Bonchev–Trinajstić information content (AvgIpc) is 3.01. The lowest BCUT2D eigenvalue weighted by atomic mass is 10.1. The van der Waals surface area contributed by atoms with Crippen molar-refractivity contribution in [2.75, 3.05) is 30.2 Å². The van der Waals surface area contributed by atoms with E-state index in [0.717, 1.165) is 5.69 Å². The molecule has 0 aliphatic heterocycles. The molecule has 0 saturated heterocycles. The minimum Gasteiger partial charge on any atom is -0.288 e. The highest BCUT2D eigenvalue weighted by Gasteiger charge is 2.17. The predicted octanol–water partition coefficient (Wildman–Crippen LogP) is 1.28. The number of thioether (sulfide) groups is 1. The van der Waals surface area contributed by atoms with E-state index in [1.54, 1.807) is 31.4 Å². The summed E-state index contributed by atoms with van der Waals surface area (Å²) in [7, 11) is 3.58. The first kappa shape index (κ1) is 17.7. The smallest absolute Gasteiger partial charge is 0.288 e. The predicted molar refractivity (Wildman–Crippen MR) is 89.2 cm³/mol. The van der Waals surface area contributed by atoms with Gasteiger partial charge in [-0.15, -0.1) is 0 Å². The maximum Gasteiger partial charge on any atom is 0.305 e. The summed E-state index contributed by atoms with van der Waals surface area (Å²) < 4.78 is 5.01. The standard InChI is InChI=1S/C15H18N6O2S/c1-10(2)12-6-5-11(7-16)15(17-12)24-9-13(22)18-14-8-21(19-23-14)20(3)4/h5-6,8,10H,9H2,1-4H3/p+1. The van der Waals surface area contributed by atoms with E-state index in [2.05, 4.69) is 21.6 Å². The van der Waals surface area contributed by atoms with Crippen LogP contribution in [0.4, 0.5) is 5.88 Å². The van der Waals surface area contributed by atoms with Gasteiger partial charge in [0.1, 0.15) is 11.1 Å². The molecule has 0 spiro atoms. The Bertz CT molecular complexity index is 766. The molecule has 0 atom stereocenters. The van der Waals surface area contributed by atoms with Crippen LogP contribution in [0.5, 0.6) is 0 Å². The van der Waals surface area contributed by atoms with Crippen molar-refractivity contribution in [2.24, 2.45) is 0 Å². The molecule has 8 nitrogen and oxygen atoms in total. The van der Waals surface area contributed by atoms with Crippen LogP contribution < -0.4 is 15.1 Å². The number of hydrogen-bond donors (Lipinski definition) is 1. The highest BCUT2D eigenvalue weighted by molar-refractivity contribution is 8.00. The Morgan fingerprint density at radius 1 is 1.50 bits per heavy atom. The molecule has 0 bridgehead atoms. The van der Waals surface area contributed by atoms with E-state index in [0.29, 0.717) is 10.6 Å².